The minimum atomic E-state index is -0.319. The molecule has 1 aliphatic carbocycles. The van der Waals surface area contributed by atoms with Gasteiger partial charge in [-0.1, -0.05) is 30.3 Å². The normalized spacial score (nSPS) is 13.7. The van der Waals surface area contributed by atoms with Gasteiger partial charge in [-0.05, 0) is 12.8 Å². The summed E-state index contributed by atoms with van der Waals surface area (Å²) in [5.74, 6) is -0.188. The molecule has 3 rings (SSSR count). The minimum Gasteiger partial charge on any atom is -0.469 e. The Morgan fingerprint density at radius 1 is 1.32 bits per heavy atom. The first kappa shape index (κ1) is 14.7. The van der Waals surface area contributed by atoms with Crippen LogP contribution in [0.3, 0.4) is 0 Å². The van der Waals surface area contributed by atoms with E-state index in [1.165, 1.54) is 18.4 Å². The number of amides is 1. The molecule has 0 bridgehead atoms. The van der Waals surface area contributed by atoms with E-state index < -0.39 is 0 Å². The topological polar surface area (TPSA) is 68.3 Å². The zero-order valence-corrected chi connectivity index (χ0v) is 13.0. The van der Waals surface area contributed by atoms with Crippen molar-refractivity contribution in [3.05, 3.63) is 35.2 Å². The Balaban J connectivity index is 1.89. The molecule has 1 aromatic heterocycles. The number of ether oxygens (including phenoxy) is 1. The molecule has 1 saturated carbocycles. The lowest BCUT2D eigenvalue weighted by Crippen LogP contribution is -2.12. The maximum absolute atomic E-state index is 11.9. The van der Waals surface area contributed by atoms with Crippen LogP contribution in [0.1, 0.15) is 17.7 Å². The van der Waals surface area contributed by atoms with E-state index >= 15 is 0 Å². The summed E-state index contributed by atoms with van der Waals surface area (Å²) < 4.78 is 4.74. The smallest absolute Gasteiger partial charge is 0.310 e. The quantitative estimate of drug-likeness (QED) is 0.861. The van der Waals surface area contributed by atoms with Crippen molar-refractivity contribution in [2.45, 2.75) is 19.3 Å². The molecular weight excluding hydrogens is 300 g/mol. The largest absolute Gasteiger partial charge is 0.469 e. The van der Waals surface area contributed by atoms with Crippen LogP contribution in [0.25, 0.3) is 11.3 Å². The number of rotatable bonds is 5. The molecule has 114 valence electrons. The predicted molar refractivity (Wildman–Crippen MR) is 84.6 cm³/mol. The third-order valence-corrected chi connectivity index (χ3v) is 4.43. The lowest BCUT2D eigenvalue weighted by atomic mass is 10.1. The van der Waals surface area contributed by atoms with Crippen LogP contribution < -0.4 is 5.32 Å². The first-order valence-corrected chi connectivity index (χ1v) is 7.92. The van der Waals surface area contributed by atoms with E-state index in [4.69, 9.17) is 4.74 Å². The fourth-order valence-electron chi connectivity index (χ4n) is 2.10. The minimum absolute atomic E-state index is 0.0120. The number of benzene rings is 1. The molecular formula is C16H16N2O3S. The summed E-state index contributed by atoms with van der Waals surface area (Å²) in [6.45, 7) is 0. The van der Waals surface area contributed by atoms with E-state index in [2.05, 4.69) is 10.3 Å². The van der Waals surface area contributed by atoms with Crippen LogP contribution in [0.2, 0.25) is 0 Å². The zero-order valence-electron chi connectivity index (χ0n) is 12.2. The van der Waals surface area contributed by atoms with Crippen molar-refractivity contribution in [1.29, 1.82) is 0 Å². The van der Waals surface area contributed by atoms with Crippen molar-refractivity contribution >= 4 is 28.3 Å². The number of esters is 1. The second kappa shape index (κ2) is 6.27. The molecule has 0 radical (unpaired) electrons. The molecule has 0 unspecified atom stereocenters. The summed E-state index contributed by atoms with van der Waals surface area (Å²) in [6, 6.07) is 9.62. The summed E-state index contributed by atoms with van der Waals surface area (Å²) in [5.41, 5.74) is 1.65. The van der Waals surface area contributed by atoms with E-state index in [1.807, 2.05) is 30.3 Å². The Bertz CT molecular complexity index is 693. The van der Waals surface area contributed by atoms with Crippen molar-refractivity contribution in [1.82, 2.24) is 4.98 Å². The number of hydrogen-bond donors (Lipinski definition) is 1. The van der Waals surface area contributed by atoms with E-state index in [1.54, 1.807) is 0 Å². The number of thiazole rings is 1. The van der Waals surface area contributed by atoms with E-state index in [0.717, 1.165) is 29.0 Å². The van der Waals surface area contributed by atoms with Crippen LogP contribution in [-0.4, -0.2) is 24.0 Å². The molecule has 1 aromatic carbocycles. The summed E-state index contributed by atoms with van der Waals surface area (Å²) in [6.07, 6.45) is 2.03. The summed E-state index contributed by atoms with van der Waals surface area (Å²) in [5, 5.41) is 3.38. The van der Waals surface area contributed by atoms with Crippen molar-refractivity contribution in [3.8, 4) is 11.3 Å². The van der Waals surface area contributed by atoms with Gasteiger partial charge in [0.25, 0.3) is 0 Å². The molecule has 1 aliphatic rings. The lowest BCUT2D eigenvalue weighted by Gasteiger charge is -2.01. The molecule has 0 saturated heterocycles. The Morgan fingerprint density at radius 3 is 2.68 bits per heavy atom. The van der Waals surface area contributed by atoms with Crippen molar-refractivity contribution in [2.24, 2.45) is 5.92 Å². The highest BCUT2D eigenvalue weighted by Crippen LogP contribution is 2.34. The molecule has 0 aliphatic heterocycles. The summed E-state index contributed by atoms with van der Waals surface area (Å²) in [7, 11) is 1.36. The molecule has 2 aromatic rings. The van der Waals surface area contributed by atoms with Gasteiger partial charge in [-0.2, -0.15) is 0 Å². The molecule has 0 spiro atoms. The molecule has 1 heterocycles. The molecule has 1 amide bonds. The van der Waals surface area contributed by atoms with Gasteiger partial charge in [0.05, 0.1) is 19.2 Å². The van der Waals surface area contributed by atoms with Gasteiger partial charge in [-0.3, -0.25) is 9.59 Å². The SMILES string of the molecule is COC(=O)Cc1sc(NC(=O)C2CC2)nc1-c1ccccc1. The fourth-order valence-corrected chi connectivity index (χ4v) is 3.07. The Labute approximate surface area is 132 Å². The maximum Gasteiger partial charge on any atom is 0.310 e. The van der Waals surface area contributed by atoms with Gasteiger partial charge in [0.1, 0.15) is 0 Å². The van der Waals surface area contributed by atoms with E-state index in [0.29, 0.717) is 5.13 Å². The monoisotopic (exact) mass is 316 g/mol. The third-order valence-electron chi connectivity index (χ3n) is 3.46. The number of carbonyl (C=O) groups is 2. The van der Waals surface area contributed by atoms with Crippen LogP contribution in [0, 0.1) is 5.92 Å². The Kier molecular flexibility index (Phi) is 4.20. The van der Waals surface area contributed by atoms with E-state index in [9.17, 15) is 9.59 Å². The summed E-state index contributed by atoms with van der Waals surface area (Å²) in [4.78, 5) is 28.8. The van der Waals surface area contributed by atoms with Crippen LogP contribution >= 0.6 is 11.3 Å². The van der Waals surface area contributed by atoms with Gasteiger partial charge < -0.3 is 10.1 Å². The average Bonchev–Trinajstić information content (AvgIpc) is 3.31. The van der Waals surface area contributed by atoms with Gasteiger partial charge in [0.2, 0.25) is 5.91 Å². The lowest BCUT2D eigenvalue weighted by molar-refractivity contribution is -0.139. The molecule has 6 heteroatoms. The van der Waals surface area contributed by atoms with Crippen molar-refractivity contribution < 1.29 is 14.3 Å². The number of methoxy groups -OCH3 is 1. The standard InChI is InChI=1S/C16H16N2O3S/c1-21-13(19)9-12-14(10-5-3-2-4-6-10)17-16(22-12)18-15(20)11-7-8-11/h2-6,11H,7-9H2,1H3,(H,17,18,20). The van der Waals surface area contributed by atoms with Crippen LogP contribution in [0.15, 0.2) is 30.3 Å². The van der Waals surface area contributed by atoms with Crippen molar-refractivity contribution in [3.63, 3.8) is 0 Å². The number of nitrogens with zero attached hydrogens (tertiary/aromatic N) is 1. The number of nitrogens with one attached hydrogen (secondary N) is 1. The first-order valence-electron chi connectivity index (χ1n) is 7.10. The second-order valence-electron chi connectivity index (χ2n) is 5.17. The number of anilines is 1. The van der Waals surface area contributed by atoms with Gasteiger partial charge in [0.15, 0.2) is 5.13 Å². The number of hydrogen-bond acceptors (Lipinski definition) is 5. The number of aromatic nitrogens is 1. The first-order chi connectivity index (χ1) is 10.7. The molecule has 0 atom stereocenters. The maximum atomic E-state index is 11.9. The Hall–Kier alpha value is -2.21. The van der Waals surface area contributed by atoms with Crippen molar-refractivity contribution in [2.75, 3.05) is 12.4 Å². The zero-order chi connectivity index (χ0) is 15.5. The molecule has 5 nitrogen and oxygen atoms in total. The molecule has 1 N–H and O–H groups in total. The molecule has 1 fully saturated rings. The summed E-state index contributed by atoms with van der Waals surface area (Å²) >= 11 is 1.33. The van der Waals surface area contributed by atoms with Gasteiger partial charge in [-0.25, -0.2) is 4.98 Å². The van der Waals surface area contributed by atoms with Gasteiger partial charge in [0, 0.05) is 16.4 Å². The average molecular weight is 316 g/mol. The highest BCUT2D eigenvalue weighted by molar-refractivity contribution is 7.16. The Morgan fingerprint density at radius 2 is 2.05 bits per heavy atom. The van der Waals surface area contributed by atoms with Gasteiger partial charge >= 0.3 is 5.97 Å². The predicted octanol–water partition coefficient (Wildman–Crippen LogP) is 2.87. The highest BCUT2D eigenvalue weighted by atomic mass is 32.1. The van der Waals surface area contributed by atoms with E-state index in [-0.39, 0.29) is 24.2 Å². The van der Waals surface area contributed by atoms with Crippen LogP contribution in [0.5, 0.6) is 0 Å². The van der Waals surface area contributed by atoms with Gasteiger partial charge in [-0.15, -0.1) is 11.3 Å². The van der Waals surface area contributed by atoms with Crippen LogP contribution in [0.4, 0.5) is 5.13 Å². The third kappa shape index (κ3) is 3.33. The highest BCUT2D eigenvalue weighted by Gasteiger charge is 2.30. The fraction of sp³-hybridized carbons (Fsp3) is 0.312. The number of carbonyl (C=O) groups excluding carboxylic acids is 2. The molecule has 22 heavy (non-hydrogen) atoms. The van der Waals surface area contributed by atoms with Crippen LogP contribution in [-0.2, 0) is 20.7 Å². The second-order valence-corrected chi connectivity index (χ2v) is 6.26.